The predicted molar refractivity (Wildman–Crippen MR) is 77.5 cm³/mol. The van der Waals surface area contributed by atoms with Crippen molar-refractivity contribution in [1.82, 2.24) is 10.3 Å². The van der Waals surface area contributed by atoms with E-state index in [1.54, 1.807) is 12.3 Å². The zero-order valence-corrected chi connectivity index (χ0v) is 12.3. The fourth-order valence-electron chi connectivity index (χ4n) is 1.60. The van der Waals surface area contributed by atoms with Crippen LogP contribution in [-0.2, 0) is 6.18 Å². The largest absolute Gasteiger partial charge is 0.416 e. The molecule has 1 aromatic carbocycles. The Morgan fingerprint density at radius 3 is 2.82 bits per heavy atom. The summed E-state index contributed by atoms with van der Waals surface area (Å²) < 4.78 is 37.6. The average Bonchev–Trinajstić information content (AvgIpc) is 2.89. The van der Waals surface area contributed by atoms with Crippen LogP contribution in [0.1, 0.15) is 26.6 Å². The van der Waals surface area contributed by atoms with Crippen molar-refractivity contribution in [2.24, 2.45) is 0 Å². The highest BCUT2D eigenvalue weighted by Crippen LogP contribution is 2.29. The van der Waals surface area contributed by atoms with E-state index >= 15 is 0 Å². The van der Waals surface area contributed by atoms with Gasteiger partial charge in [-0.3, -0.25) is 4.79 Å². The molecule has 1 aromatic heterocycles. The van der Waals surface area contributed by atoms with Crippen molar-refractivity contribution in [2.75, 3.05) is 6.54 Å². The number of benzene rings is 1. The molecule has 1 amide bonds. The van der Waals surface area contributed by atoms with Gasteiger partial charge in [0.15, 0.2) is 0 Å². The summed E-state index contributed by atoms with van der Waals surface area (Å²) in [6, 6.07) is 4.73. The summed E-state index contributed by atoms with van der Waals surface area (Å²) in [5.41, 5.74) is -0.196. The van der Waals surface area contributed by atoms with E-state index in [1.165, 1.54) is 23.5 Å². The lowest BCUT2D eigenvalue weighted by Crippen LogP contribution is -2.23. The van der Waals surface area contributed by atoms with Crippen LogP contribution in [0.25, 0.3) is 0 Å². The van der Waals surface area contributed by atoms with Crippen molar-refractivity contribution in [1.29, 1.82) is 0 Å². The number of hydrogen-bond acceptors (Lipinski definition) is 3. The van der Waals surface area contributed by atoms with E-state index < -0.39 is 11.7 Å². The maximum atomic E-state index is 12.5. The Labute approximate surface area is 129 Å². The molecule has 7 heteroatoms. The van der Waals surface area contributed by atoms with E-state index in [1.807, 2.05) is 0 Å². The van der Waals surface area contributed by atoms with Crippen LogP contribution < -0.4 is 5.32 Å². The molecule has 1 N–H and O–H groups in total. The number of halogens is 3. The van der Waals surface area contributed by atoms with Gasteiger partial charge in [-0.25, -0.2) is 4.98 Å². The molecular formula is C15H11F3N2OS. The minimum absolute atomic E-state index is 0.0334. The lowest BCUT2D eigenvalue weighted by Gasteiger charge is -2.05. The highest BCUT2D eigenvalue weighted by Gasteiger charge is 2.30. The van der Waals surface area contributed by atoms with Crippen molar-refractivity contribution in [3.05, 3.63) is 51.5 Å². The quantitative estimate of drug-likeness (QED) is 0.862. The number of carbonyl (C=O) groups excluding carboxylic acids is 1. The standard InChI is InChI=1S/C15H11F3N2OS/c1-10-20-13(9-22-10)14(21)19-7-3-5-11-4-2-6-12(8-11)15(16,17)18/h2,4,6,8-9H,7H2,1H3,(H,19,21). The molecule has 1 heterocycles. The minimum atomic E-state index is -4.39. The lowest BCUT2D eigenvalue weighted by atomic mass is 10.1. The van der Waals surface area contributed by atoms with Gasteiger partial charge in [-0.2, -0.15) is 13.2 Å². The summed E-state index contributed by atoms with van der Waals surface area (Å²) in [6.07, 6.45) is -4.39. The number of nitrogens with one attached hydrogen (secondary N) is 1. The molecule has 0 aliphatic carbocycles. The van der Waals surface area contributed by atoms with Gasteiger partial charge >= 0.3 is 6.18 Å². The van der Waals surface area contributed by atoms with Crippen molar-refractivity contribution < 1.29 is 18.0 Å². The van der Waals surface area contributed by atoms with E-state index in [9.17, 15) is 18.0 Å². The first-order chi connectivity index (χ1) is 10.4. The predicted octanol–water partition coefficient (Wildman–Crippen LogP) is 3.25. The first-order valence-electron chi connectivity index (χ1n) is 6.23. The van der Waals surface area contributed by atoms with Crippen LogP contribution in [0.4, 0.5) is 13.2 Å². The minimum Gasteiger partial charge on any atom is -0.340 e. The van der Waals surface area contributed by atoms with Crippen LogP contribution in [0, 0.1) is 18.8 Å². The van der Waals surface area contributed by atoms with Gasteiger partial charge in [0.2, 0.25) is 0 Å². The Morgan fingerprint density at radius 1 is 1.41 bits per heavy atom. The maximum Gasteiger partial charge on any atom is 0.416 e. The lowest BCUT2D eigenvalue weighted by molar-refractivity contribution is -0.137. The summed E-state index contributed by atoms with van der Waals surface area (Å²) in [7, 11) is 0. The fraction of sp³-hybridized carbons (Fsp3) is 0.200. The van der Waals surface area contributed by atoms with Gasteiger partial charge in [0, 0.05) is 10.9 Å². The Balaban J connectivity index is 1.96. The second-order valence-electron chi connectivity index (χ2n) is 4.31. The van der Waals surface area contributed by atoms with Crippen LogP contribution in [0.5, 0.6) is 0 Å². The van der Waals surface area contributed by atoms with Crippen LogP contribution >= 0.6 is 11.3 Å². The van der Waals surface area contributed by atoms with Gasteiger partial charge < -0.3 is 5.32 Å². The van der Waals surface area contributed by atoms with Crippen molar-refractivity contribution >= 4 is 17.2 Å². The van der Waals surface area contributed by atoms with E-state index in [0.717, 1.165) is 17.1 Å². The maximum absolute atomic E-state index is 12.5. The summed E-state index contributed by atoms with van der Waals surface area (Å²) in [4.78, 5) is 15.7. The molecule has 0 atom stereocenters. The van der Waals surface area contributed by atoms with Gasteiger partial charge in [-0.1, -0.05) is 17.9 Å². The first-order valence-corrected chi connectivity index (χ1v) is 7.10. The van der Waals surface area contributed by atoms with Crippen LogP contribution in [0.3, 0.4) is 0 Å². The number of aryl methyl sites for hydroxylation is 1. The van der Waals surface area contributed by atoms with Crippen LogP contribution in [0.15, 0.2) is 29.6 Å². The third kappa shape index (κ3) is 4.33. The zero-order chi connectivity index (χ0) is 16.2. The molecule has 0 spiro atoms. The Hall–Kier alpha value is -2.33. The monoisotopic (exact) mass is 324 g/mol. The highest BCUT2D eigenvalue weighted by atomic mass is 32.1. The third-order valence-electron chi connectivity index (χ3n) is 2.61. The molecule has 0 saturated carbocycles. The molecule has 2 aromatic rings. The number of rotatable bonds is 2. The molecule has 0 unspecified atom stereocenters. The molecule has 0 aliphatic rings. The number of nitrogens with zero attached hydrogens (tertiary/aromatic N) is 1. The fourth-order valence-corrected chi connectivity index (χ4v) is 2.20. The highest BCUT2D eigenvalue weighted by molar-refractivity contribution is 7.09. The summed E-state index contributed by atoms with van der Waals surface area (Å²) in [6.45, 7) is 1.82. The second kappa shape index (κ2) is 6.62. The number of carbonyl (C=O) groups is 1. The Bertz CT molecular complexity index is 741. The number of thiazole rings is 1. The van der Waals surface area contributed by atoms with E-state index in [-0.39, 0.29) is 18.0 Å². The molecule has 114 valence electrons. The van der Waals surface area contributed by atoms with Crippen molar-refractivity contribution in [3.8, 4) is 11.8 Å². The number of aromatic nitrogens is 1. The molecule has 3 nitrogen and oxygen atoms in total. The van der Waals surface area contributed by atoms with Crippen molar-refractivity contribution in [2.45, 2.75) is 13.1 Å². The normalized spacial score (nSPS) is 10.7. The molecule has 0 aliphatic heterocycles. The third-order valence-corrected chi connectivity index (χ3v) is 3.39. The first kappa shape index (κ1) is 16.0. The van der Waals surface area contributed by atoms with Crippen molar-refractivity contribution in [3.63, 3.8) is 0 Å². The molecular weight excluding hydrogens is 313 g/mol. The SMILES string of the molecule is Cc1nc(C(=O)NCC#Cc2cccc(C(F)(F)F)c2)cs1. The second-order valence-corrected chi connectivity index (χ2v) is 5.38. The van der Waals surface area contributed by atoms with Crippen LogP contribution in [0.2, 0.25) is 0 Å². The van der Waals surface area contributed by atoms with Gasteiger partial charge in [0.05, 0.1) is 17.1 Å². The number of hydrogen-bond donors (Lipinski definition) is 1. The van der Waals surface area contributed by atoms with Gasteiger partial charge in [-0.15, -0.1) is 11.3 Å². The zero-order valence-electron chi connectivity index (χ0n) is 11.5. The Kier molecular flexibility index (Phi) is 4.83. The van der Waals surface area contributed by atoms with Gasteiger partial charge in [0.25, 0.3) is 5.91 Å². The number of alkyl halides is 3. The summed E-state index contributed by atoms with van der Waals surface area (Å²) in [5, 5.41) is 4.94. The molecule has 22 heavy (non-hydrogen) atoms. The van der Waals surface area contributed by atoms with E-state index in [0.29, 0.717) is 5.69 Å². The van der Waals surface area contributed by atoms with E-state index in [4.69, 9.17) is 0 Å². The molecule has 2 rings (SSSR count). The van der Waals surface area contributed by atoms with Gasteiger partial charge in [0.1, 0.15) is 5.69 Å². The smallest absolute Gasteiger partial charge is 0.340 e. The summed E-state index contributed by atoms with van der Waals surface area (Å²) >= 11 is 1.36. The molecule has 0 fully saturated rings. The van der Waals surface area contributed by atoms with Gasteiger partial charge in [-0.05, 0) is 25.1 Å². The molecule has 0 radical (unpaired) electrons. The van der Waals surface area contributed by atoms with Crippen LogP contribution in [-0.4, -0.2) is 17.4 Å². The molecule has 0 saturated heterocycles. The summed E-state index contributed by atoms with van der Waals surface area (Å²) in [5.74, 6) is 4.84. The van der Waals surface area contributed by atoms with E-state index in [2.05, 4.69) is 22.1 Å². The Morgan fingerprint density at radius 2 is 2.18 bits per heavy atom. The topological polar surface area (TPSA) is 42.0 Å². The number of amides is 1. The molecule has 0 bridgehead atoms. The average molecular weight is 324 g/mol.